The highest BCUT2D eigenvalue weighted by atomic mass is 16.6. The number of hydrogen-bond acceptors (Lipinski definition) is 6. The van der Waals surface area contributed by atoms with Crippen LogP contribution >= 0.6 is 0 Å². The fraction of sp³-hybridized carbons (Fsp3) is 0.552. The van der Waals surface area contributed by atoms with Crippen molar-refractivity contribution in [3.63, 3.8) is 0 Å². The average Bonchev–Trinajstić information content (AvgIpc) is 2.87. The van der Waals surface area contributed by atoms with Crippen LogP contribution < -0.4 is 10.9 Å². The monoisotopic (exact) mass is 507 g/mol. The van der Waals surface area contributed by atoms with Crippen molar-refractivity contribution in [2.45, 2.75) is 96.6 Å². The SMILES string of the molecule is CC(C)(OC(=O)c1cc2c(n(CC3CCCCC3)c1=O)CCCCCC2)C(=O)NC(=O)c1cccnc1. The zero-order valence-electron chi connectivity index (χ0n) is 21.9. The molecule has 0 spiro atoms. The molecule has 198 valence electrons. The minimum Gasteiger partial charge on any atom is -0.446 e. The lowest BCUT2D eigenvalue weighted by Crippen LogP contribution is -2.48. The van der Waals surface area contributed by atoms with Gasteiger partial charge in [0, 0.05) is 24.6 Å². The molecule has 37 heavy (non-hydrogen) atoms. The number of carbonyl (C=O) groups excluding carboxylic acids is 3. The molecular weight excluding hydrogens is 470 g/mol. The van der Waals surface area contributed by atoms with Gasteiger partial charge in [0.2, 0.25) is 0 Å². The Kier molecular flexibility index (Phi) is 8.56. The second kappa shape index (κ2) is 11.8. The van der Waals surface area contributed by atoms with Gasteiger partial charge in [-0.15, -0.1) is 0 Å². The molecule has 2 amide bonds. The topological polar surface area (TPSA) is 107 Å². The van der Waals surface area contributed by atoms with Crippen molar-refractivity contribution in [3.8, 4) is 0 Å². The van der Waals surface area contributed by atoms with E-state index in [-0.39, 0.29) is 16.7 Å². The first-order valence-electron chi connectivity index (χ1n) is 13.5. The average molecular weight is 508 g/mol. The van der Waals surface area contributed by atoms with Gasteiger partial charge in [0.25, 0.3) is 17.4 Å². The number of hydrogen-bond donors (Lipinski definition) is 1. The van der Waals surface area contributed by atoms with E-state index in [0.717, 1.165) is 62.6 Å². The quantitative estimate of drug-likeness (QED) is 0.582. The van der Waals surface area contributed by atoms with Crippen LogP contribution in [0.5, 0.6) is 0 Å². The third kappa shape index (κ3) is 6.53. The highest BCUT2D eigenvalue weighted by Crippen LogP contribution is 2.27. The Morgan fingerprint density at radius 2 is 1.76 bits per heavy atom. The molecule has 1 saturated carbocycles. The van der Waals surface area contributed by atoms with Crippen LogP contribution in [0.3, 0.4) is 0 Å². The Morgan fingerprint density at radius 3 is 2.46 bits per heavy atom. The summed E-state index contributed by atoms with van der Waals surface area (Å²) >= 11 is 0. The molecule has 4 rings (SSSR count). The number of aryl methyl sites for hydroxylation is 1. The molecule has 2 aromatic heterocycles. The number of carbonyl (C=O) groups is 3. The number of imide groups is 1. The van der Waals surface area contributed by atoms with Gasteiger partial charge in [-0.25, -0.2) is 4.79 Å². The van der Waals surface area contributed by atoms with Crippen molar-refractivity contribution in [2.75, 3.05) is 0 Å². The van der Waals surface area contributed by atoms with Gasteiger partial charge >= 0.3 is 5.97 Å². The molecule has 2 heterocycles. The maximum atomic E-state index is 13.7. The number of nitrogens with one attached hydrogen (secondary N) is 1. The van der Waals surface area contributed by atoms with Crippen molar-refractivity contribution in [3.05, 3.63) is 63.3 Å². The zero-order valence-corrected chi connectivity index (χ0v) is 21.9. The van der Waals surface area contributed by atoms with Crippen LogP contribution in [-0.4, -0.2) is 32.9 Å². The summed E-state index contributed by atoms with van der Waals surface area (Å²) in [6.07, 6.45) is 14.6. The molecule has 2 aromatic rings. The van der Waals surface area contributed by atoms with Gasteiger partial charge < -0.3 is 9.30 Å². The van der Waals surface area contributed by atoms with Crippen molar-refractivity contribution >= 4 is 17.8 Å². The van der Waals surface area contributed by atoms with Gasteiger partial charge in [-0.2, -0.15) is 0 Å². The molecule has 0 aromatic carbocycles. The normalized spacial score (nSPS) is 16.7. The van der Waals surface area contributed by atoms with E-state index in [1.54, 1.807) is 12.1 Å². The molecule has 2 aliphatic rings. The molecule has 1 N–H and O–H groups in total. The summed E-state index contributed by atoms with van der Waals surface area (Å²) in [6, 6.07) is 4.79. The highest BCUT2D eigenvalue weighted by Gasteiger charge is 2.35. The van der Waals surface area contributed by atoms with E-state index in [2.05, 4.69) is 10.3 Å². The molecule has 8 nitrogen and oxygen atoms in total. The molecular formula is C29H37N3O5. The van der Waals surface area contributed by atoms with E-state index < -0.39 is 23.4 Å². The molecule has 2 aliphatic carbocycles. The maximum Gasteiger partial charge on any atom is 0.344 e. The molecule has 0 aliphatic heterocycles. The van der Waals surface area contributed by atoms with Crippen LogP contribution in [0.15, 0.2) is 35.4 Å². The van der Waals surface area contributed by atoms with E-state index in [9.17, 15) is 19.2 Å². The van der Waals surface area contributed by atoms with Crippen molar-refractivity contribution < 1.29 is 19.1 Å². The Bertz CT molecular complexity index is 1200. The fourth-order valence-electron chi connectivity index (χ4n) is 5.36. The third-order valence-corrected chi connectivity index (χ3v) is 7.53. The number of amides is 2. The predicted molar refractivity (Wildman–Crippen MR) is 139 cm³/mol. The van der Waals surface area contributed by atoms with Gasteiger partial charge in [0.1, 0.15) is 5.56 Å². The summed E-state index contributed by atoms with van der Waals surface area (Å²) in [6.45, 7) is 3.43. The third-order valence-electron chi connectivity index (χ3n) is 7.53. The number of esters is 1. The largest absolute Gasteiger partial charge is 0.446 e. The summed E-state index contributed by atoms with van der Waals surface area (Å²) in [4.78, 5) is 56.1. The molecule has 0 radical (unpaired) electrons. The lowest BCUT2D eigenvalue weighted by atomic mass is 9.88. The molecule has 0 bridgehead atoms. The Morgan fingerprint density at radius 1 is 1.05 bits per heavy atom. The van der Waals surface area contributed by atoms with Gasteiger partial charge in [0.05, 0.1) is 5.56 Å². The Labute approximate surface area is 217 Å². The van der Waals surface area contributed by atoms with Crippen molar-refractivity contribution in [1.29, 1.82) is 0 Å². The smallest absolute Gasteiger partial charge is 0.344 e. The molecule has 0 atom stereocenters. The molecule has 8 heteroatoms. The van der Waals surface area contributed by atoms with E-state index >= 15 is 0 Å². The lowest BCUT2D eigenvalue weighted by Gasteiger charge is -2.27. The minimum atomic E-state index is -1.67. The fourth-order valence-corrected chi connectivity index (χ4v) is 5.36. The molecule has 0 unspecified atom stereocenters. The van der Waals surface area contributed by atoms with Crippen LogP contribution in [0.2, 0.25) is 0 Å². The van der Waals surface area contributed by atoms with E-state index in [0.29, 0.717) is 12.5 Å². The first-order valence-corrected chi connectivity index (χ1v) is 13.5. The highest BCUT2D eigenvalue weighted by molar-refractivity contribution is 6.07. The van der Waals surface area contributed by atoms with Gasteiger partial charge in [-0.1, -0.05) is 32.1 Å². The van der Waals surface area contributed by atoms with E-state index in [1.165, 1.54) is 51.6 Å². The number of nitrogens with zero attached hydrogens (tertiary/aromatic N) is 2. The number of pyridine rings is 2. The second-order valence-corrected chi connectivity index (χ2v) is 10.8. The van der Waals surface area contributed by atoms with E-state index in [1.807, 2.05) is 4.57 Å². The van der Waals surface area contributed by atoms with Gasteiger partial charge in [-0.3, -0.25) is 24.7 Å². The lowest BCUT2D eigenvalue weighted by molar-refractivity contribution is -0.136. The van der Waals surface area contributed by atoms with Crippen LogP contribution in [0, 0.1) is 5.92 Å². The first kappa shape index (κ1) is 26.8. The first-order chi connectivity index (χ1) is 17.8. The number of rotatable bonds is 6. The standard InChI is InChI=1S/C29H37N3O5/c1-29(2,28(36)31-25(33)22-14-10-16-30-18-22)37-27(35)23-17-21-13-8-3-4-9-15-24(21)32(26(23)34)19-20-11-6-5-7-12-20/h10,14,16-18,20H,3-9,11-13,15,19H2,1-2H3,(H,31,33,36). The second-order valence-electron chi connectivity index (χ2n) is 10.8. The summed E-state index contributed by atoms with van der Waals surface area (Å²) < 4.78 is 7.39. The van der Waals surface area contributed by atoms with Gasteiger partial charge in [-0.05, 0) is 82.1 Å². The van der Waals surface area contributed by atoms with Crippen LogP contribution in [0.4, 0.5) is 0 Å². The Hall–Kier alpha value is -3.29. The van der Waals surface area contributed by atoms with E-state index in [4.69, 9.17) is 4.74 Å². The van der Waals surface area contributed by atoms with Crippen molar-refractivity contribution in [1.82, 2.24) is 14.9 Å². The summed E-state index contributed by atoms with van der Waals surface area (Å²) in [5, 5.41) is 2.26. The summed E-state index contributed by atoms with van der Waals surface area (Å²) in [5.74, 6) is -1.84. The van der Waals surface area contributed by atoms with Crippen LogP contribution in [0.25, 0.3) is 0 Å². The number of fused-ring (bicyclic) bond motifs is 1. The van der Waals surface area contributed by atoms with Crippen LogP contribution in [-0.2, 0) is 28.9 Å². The summed E-state index contributed by atoms with van der Waals surface area (Å²) in [5.41, 5.74) is 0.221. The predicted octanol–water partition coefficient (Wildman–Crippen LogP) is 4.37. The van der Waals surface area contributed by atoms with Crippen LogP contribution in [0.1, 0.15) is 104 Å². The number of aromatic nitrogens is 2. The maximum absolute atomic E-state index is 13.7. The zero-order chi connectivity index (χ0) is 26.4. The minimum absolute atomic E-state index is 0.0467. The molecule has 0 saturated heterocycles. The molecule has 1 fully saturated rings. The van der Waals surface area contributed by atoms with Gasteiger partial charge in [0.15, 0.2) is 5.60 Å². The summed E-state index contributed by atoms with van der Waals surface area (Å²) in [7, 11) is 0. The number of ether oxygens (including phenoxy) is 1. The Balaban J connectivity index is 1.58. The van der Waals surface area contributed by atoms with Crippen molar-refractivity contribution in [2.24, 2.45) is 5.92 Å².